The highest BCUT2D eigenvalue weighted by molar-refractivity contribution is 6.30. The highest BCUT2D eigenvalue weighted by Crippen LogP contribution is 2.31. The largest absolute Gasteiger partial charge is 0.488 e. The molecule has 2 aromatic carbocycles. The Morgan fingerprint density at radius 1 is 1.24 bits per heavy atom. The molecule has 0 amide bonds. The molecule has 0 aliphatic carbocycles. The lowest BCUT2D eigenvalue weighted by Crippen LogP contribution is -2.24. The van der Waals surface area contributed by atoms with Crippen LogP contribution in [0.3, 0.4) is 0 Å². The van der Waals surface area contributed by atoms with Crippen molar-refractivity contribution in [1.82, 2.24) is 0 Å². The van der Waals surface area contributed by atoms with Crippen LogP contribution in [0.15, 0.2) is 42.5 Å². The fourth-order valence-corrected chi connectivity index (χ4v) is 3.00. The average molecular weight is 302 g/mol. The van der Waals surface area contributed by atoms with E-state index in [0.29, 0.717) is 0 Å². The van der Waals surface area contributed by atoms with Crippen molar-refractivity contribution in [1.29, 1.82) is 0 Å². The van der Waals surface area contributed by atoms with Gasteiger partial charge in [0.05, 0.1) is 6.54 Å². The zero-order chi connectivity index (χ0) is 14.7. The summed E-state index contributed by atoms with van der Waals surface area (Å²) in [7, 11) is 0. The van der Waals surface area contributed by atoms with Crippen molar-refractivity contribution in [3.8, 4) is 5.75 Å². The van der Waals surface area contributed by atoms with Crippen LogP contribution in [0.2, 0.25) is 5.02 Å². The summed E-state index contributed by atoms with van der Waals surface area (Å²) in [5.41, 5.74) is 3.80. The van der Waals surface area contributed by atoms with Gasteiger partial charge in [-0.1, -0.05) is 43.1 Å². The van der Waals surface area contributed by atoms with Crippen LogP contribution in [-0.2, 0) is 12.8 Å². The summed E-state index contributed by atoms with van der Waals surface area (Å²) < 4.78 is 5.96. The average Bonchev–Trinajstić information content (AvgIpc) is 2.88. The highest BCUT2D eigenvalue weighted by atomic mass is 35.5. The van der Waals surface area contributed by atoms with Gasteiger partial charge in [0, 0.05) is 17.1 Å². The summed E-state index contributed by atoms with van der Waals surface area (Å²) in [6, 6.07) is 14.3. The van der Waals surface area contributed by atoms with Gasteiger partial charge in [-0.05, 0) is 41.8 Å². The molecule has 0 spiro atoms. The van der Waals surface area contributed by atoms with E-state index in [4.69, 9.17) is 16.3 Å². The minimum atomic E-state index is 0.174. The lowest BCUT2D eigenvalue weighted by atomic mass is 10.1. The second-order valence-electron chi connectivity index (χ2n) is 5.48. The molecule has 0 saturated carbocycles. The van der Waals surface area contributed by atoms with E-state index < -0.39 is 0 Å². The van der Waals surface area contributed by atoms with Crippen LogP contribution in [0.5, 0.6) is 5.75 Å². The normalized spacial score (nSPS) is 16.4. The maximum absolute atomic E-state index is 6.03. The maximum atomic E-state index is 6.03. The number of anilines is 1. The number of para-hydroxylation sites is 1. The van der Waals surface area contributed by atoms with Gasteiger partial charge in [0.15, 0.2) is 0 Å². The zero-order valence-electron chi connectivity index (χ0n) is 12.2. The molecule has 2 aromatic rings. The van der Waals surface area contributed by atoms with Gasteiger partial charge in [0.2, 0.25) is 0 Å². The number of fused-ring (bicyclic) bond motifs is 1. The van der Waals surface area contributed by atoms with Crippen molar-refractivity contribution in [2.75, 3.05) is 11.9 Å². The molecule has 110 valence electrons. The van der Waals surface area contributed by atoms with Crippen LogP contribution < -0.4 is 10.1 Å². The van der Waals surface area contributed by atoms with Gasteiger partial charge in [-0.25, -0.2) is 0 Å². The van der Waals surface area contributed by atoms with E-state index in [0.717, 1.165) is 36.6 Å². The summed E-state index contributed by atoms with van der Waals surface area (Å²) in [5, 5.41) is 4.31. The van der Waals surface area contributed by atoms with Crippen LogP contribution >= 0.6 is 11.6 Å². The number of hydrogen-bond acceptors (Lipinski definition) is 2. The van der Waals surface area contributed by atoms with Crippen LogP contribution in [0.1, 0.15) is 24.5 Å². The van der Waals surface area contributed by atoms with E-state index in [1.807, 2.05) is 18.2 Å². The fourth-order valence-electron chi connectivity index (χ4n) is 2.81. The third-order valence-electron chi connectivity index (χ3n) is 3.82. The Morgan fingerprint density at radius 3 is 2.95 bits per heavy atom. The first-order valence-electron chi connectivity index (χ1n) is 7.53. The Bertz CT molecular complexity index is 626. The first kappa shape index (κ1) is 14.3. The topological polar surface area (TPSA) is 21.3 Å². The summed E-state index contributed by atoms with van der Waals surface area (Å²) in [5.74, 6) is 0.966. The molecule has 3 heteroatoms. The second kappa shape index (κ2) is 6.40. The number of benzene rings is 2. The SMILES string of the molecule is CCCc1ccccc1NCC1Cc2cc(Cl)ccc2O1. The van der Waals surface area contributed by atoms with Crippen LogP contribution in [-0.4, -0.2) is 12.6 Å². The molecule has 1 N–H and O–H groups in total. The van der Waals surface area contributed by atoms with E-state index in [-0.39, 0.29) is 6.10 Å². The summed E-state index contributed by atoms with van der Waals surface area (Å²) in [6.45, 7) is 3.02. The number of hydrogen-bond donors (Lipinski definition) is 1. The van der Waals surface area contributed by atoms with Gasteiger partial charge < -0.3 is 10.1 Å². The van der Waals surface area contributed by atoms with E-state index >= 15 is 0 Å². The summed E-state index contributed by atoms with van der Waals surface area (Å²) >= 11 is 6.03. The Labute approximate surface area is 131 Å². The molecule has 1 aliphatic heterocycles. The minimum Gasteiger partial charge on any atom is -0.488 e. The molecule has 0 radical (unpaired) electrons. The van der Waals surface area contributed by atoms with Gasteiger partial charge >= 0.3 is 0 Å². The third kappa shape index (κ3) is 3.33. The standard InChI is InChI=1S/C18H20ClNO/c1-2-5-13-6-3-4-7-17(13)20-12-16-11-14-10-15(19)8-9-18(14)21-16/h3-4,6-10,16,20H,2,5,11-12H2,1H3. The van der Waals surface area contributed by atoms with Gasteiger partial charge in [-0.3, -0.25) is 0 Å². The first-order chi connectivity index (χ1) is 10.3. The number of ether oxygens (including phenoxy) is 1. The molecule has 0 aromatic heterocycles. The molecular weight excluding hydrogens is 282 g/mol. The third-order valence-corrected chi connectivity index (χ3v) is 4.06. The van der Waals surface area contributed by atoms with Crippen molar-refractivity contribution in [3.05, 3.63) is 58.6 Å². The van der Waals surface area contributed by atoms with Crippen molar-refractivity contribution in [2.24, 2.45) is 0 Å². The maximum Gasteiger partial charge on any atom is 0.123 e. The van der Waals surface area contributed by atoms with Crippen LogP contribution in [0.25, 0.3) is 0 Å². The van der Waals surface area contributed by atoms with E-state index in [1.165, 1.54) is 16.8 Å². The van der Waals surface area contributed by atoms with Gasteiger partial charge in [-0.15, -0.1) is 0 Å². The molecule has 1 heterocycles. The van der Waals surface area contributed by atoms with Gasteiger partial charge in [0.1, 0.15) is 11.9 Å². The van der Waals surface area contributed by atoms with Crippen LogP contribution in [0, 0.1) is 0 Å². The zero-order valence-corrected chi connectivity index (χ0v) is 13.0. The summed E-state index contributed by atoms with van der Waals surface area (Å²) in [4.78, 5) is 0. The van der Waals surface area contributed by atoms with Crippen molar-refractivity contribution in [3.63, 3.8) is 0 Å². The Balaban J connectivity index is 1.62. The van der Waals surface area contributed by atoms with E-state index in [1.54, 1.807) is 0 Å². The predicted molar refractivity (Wildman–Crippen MR) is 88.5 cm³/mol. The Morgan fingerprint density at radius 2 is 2.10 bits per heavy atom. The van der Waals surface area contributed by atoms with Gasteiger partial charge in [0.25, 0.3) is 0 Å². The summed E-state index contributed by atoms with van der Waals surface area (Å²) in [6.07, 6.45) is 3.35. The molecule has 1 unspecified atom stereocenters. The monoisotopic (exact) mass is 301 g/mol. The molecule has 2 nitrogen and oxygen atoms in total. The first-order valence-corrected chi connectivity index (χ1v) is 7.91. The van der Waals surface area contributed by atoms with Gasteiger partial charge in [-0.2, -0.15) is 0 Å². The fraction of sp³-hybridized carbons (Fsp3) is 0.333. The number of nitrogens with one attached hydrogen (secondary N) is 1. The van der Waals surface area contributed by atoms with Crippen molar-refractivity contribution < 1.29 is 4.74 Å². The molecule has 21 heavy (non-hydrogen) atoms. The minimum absolute atomic E-state index is 0.174. The van der Waals surface area contributed by atoms with Crippen LogP contribution in [0.4, 0.5) is 5.69 Å². The lowest BCUT2D eigenvalue weighted by Gasteiger charge is -2.15. The Hall–Kier alpha value is -1.67. The predicted octanol–water partition coefficient (Wildman–Crippen LogP) is 4.71. The second-order valence-corrected chi connectivity index (χ2v) is 5.92. The van der Waals surface area contributed by atoms with Crippen molar-refractivity contribution in [2.45, 2.75) is 32.3 Å². The molecule has 0 bridgehead atoms. The Kier molecular flexibility index (Phi) is 4.35. The molecule has 3 rings (SSSR count). The number of halogens is 1. The molecule has 1 aliphatic rings. The number of rotatable bonds is 5. The lowest BCUT2D eigenvalue weighted by molar-refractivity contribution is 0.246. The quantitative estimate of drug-likeness (QED) is 0.863. The molecule has 0 saturated heterocycles. The smallest absolute Gasteiger partial charge is 0.123 e. The molecule has 0 fully saturated rings. The van der Waals surface area contributed by atoms with E-state index in [2.05, 4.69) is 36.5 Å². The highest BCUT2D eigenvalue weighted by Gasteiger charge is 2.22. The van der Waals surface area contributed by atoms with E-state index in [9.17, 15) is 0 Å². The van der Waals surface area contributed by atoms with Crippen molar-refractivity contribution >= 4 is 17.3 Å². The molecular formula is C18H20ClNO. The molecule has 1 atom stereocenters. The number of aryl methyl sites for hydroxylation is 1.